The minimum Gasteiger partial charge on any atom is -0.489 e. The summed E-state index contributed by atoms with van der Waals surface area (Å²) in [4.78, 5) is 0. The summed E-state index contributed by atoms with van der Waals surface area (Å²) in [5.41, 5.74) is 2.40. The van der Waals surface area contributed by atoms with Gasteiger partial charge in [-0.2, -0.15) is 12.6 Å². The zero-order valence-corrected chi connectivity index (χ0v) is 9.55. The van der Waals surface area contributed by atoms with Crippen LogP contribution in [-0.4, -0.2) is 12.4 Å². The van der Waals surface area contributed by atoms with Crippen LogP contribution in [0.3, 0.4) is 0 Å². The van der Waals surface area contributed by atoms with Crippen molar-refractivity contribution < 1.29 is 4.74 Å². The molecule has 14 heavy (non-hydrogen) atoms. The molecule has 0 aliphatic rings. The van der Waals surface area contributed by atoms with E-state index < -0.39 is 0 Å². The van der Waals surface area contributed by atoms with Gasteiger partial charge in [0.2, 0.25) is 0 Å². The van der Waals surface area contributed by atoms with Crippen molar-refractivity contribution in [2.45, 2.75) is 13.8 Å². The highest BCUT2D eigenvalue weighted by atomic mass is 32.1. The van der Waals surface area contributed by atoms with Gasteiger partial charge in [-0.05, 0) is 31.0 Å². The van der Waals surface area contributed by atoms with Gasteiger partial charge in [-0.1, -0.05) is 24.3 Å². The fourth-order valence-corrected chi connectivity index (χ4v) is 1.29. The average molecular weight is 208 g/mol. The smallest absolute Gasteiger partial charge is 0.122 e. The molecule has 0 spiro atoms. The van der Waals surface area contributed by atoms with Crippen molar-refractivity contribution in [3.05, 3.63) is 41.5 Å². The van der Waals surface area contributed by atoms with Crippen molar-refractivity contribution in [1.29, 1.82) is 0 Å². The molecule has 0 heterocycles. The normalized spacial score (nSPS) is 10.8. The first-order chi connectivity index (χ1) is 6.74. The molecule has 0 N–H and O–H groups in total. The second-order valence-electron chi connectivity index (χ2n) is 3.23. The average Bonchev–Trinajstić information content (AvgIpc) is 2.18. The van der Waals surface area contributed by atoms with Gasteiger partial charge in [-0.3, -0.25) is 0 Å². The molecule has 2 heteroatoms. The summed E-state index contributed by atoms with van der Waals surface area (Å²) in [5, 5.41) is 0. The number of rotatable bonds is 4. The molecule has 0 aliphatic carbocycles. The van der Waals surface area contributed by atoms with Crippen LogP contribution in [0.15, 0.2) is 30.4 Å². The first-order valence-corrected chi connectivity index (χ1v) is 5.33. The van der Waals surface area contributed by atoms with E-state index in [1.807, 2.05) is 12.2 Å². The monoisotopic (exact) mass is 208 g/mol. The molecular formula is C12H16OS. The molecule has 0 saturated carbocycles. The summed E-state index contributed by atoms with van der Waals surface area (Å²) in [6.45, 7) is 4.73. The maximum Gasteiger partial charge on any atom is 0.122 e. The standard InChI is InChI=1S/C12H16OS/c1-10-5-6-11(2)12(9-10)13-7-3-4-8-14/h3-6,9,14H,7-8H2,1-2H3. The Labute approximate surface area is 91.2 Å². The lowest BCUT2D eigenvalue weighted by atomic mass is 10.1. The van der Waals surface area contributed by atoms with Crippen LogP contribution >= 0.6 is 12.6 Å². The third-order valence-electron chi connectivity index (χ3n) is 1.95. The van der Waals surface area contributed by atoms with Gasteiger partial charge >= 0.3 is 0 Å². The maximum atomic E-state index is 5.60. The van der Waals surface area contributed by atoms with Crippen LogP contribution in [0.1, 0.15) is 11.1 Å². The fraction of sp³-hybridized carbons (Fsp3) is 0.333. The Kier molecular flexibility index (Phi) is 4.60. The molecule has 1 rings (SSSR count). The minimum absolute atomic E-state index is 0.616. The largest absolute Gasteiger partial charge is 0.489 e. The Balaban J connectivity index is 2.57. The van der Waals surface area contributed by atoms with E-state index >= 15 is 0 Å². The molecular weight excluding hydrogens is 192 g/mol. The van der Waals surface area contributed by atoms with Crippen molar-refractivity contribution >= 4 is 12.6 Å². The Morgan fingerprint density at radius 3 is 2.79 bits per heavy atom. The summed E-state index contributed by atoms with van der Waals surface area (Å²) < 4.78 is 5.60. The molecule has 0 bridgehead atoms. The van der Waals surface area contributed by atoms with E-state index in [2.05, 4.69) is 44.7 Å². The molecule has 0 fully saturated rings. The van der Waals surface area contributed by atoms with Crippen LogP contribution in [0.5, 0.6) is 5.75 Å². The lowest BCUT2D eigenvalue weighted by Gasteiger charge is -2.07. The van der Waals surface area contributed by atoms with Gasteiger partial charge < -0.3 is 4.74 Å². The maximum absolute atomic E-state index is 5.60. The van der Waals surface area contributed by atoms with Crippen LogP contribution in [0.25, 0.3) is 0 Å². The summed E-state index contributed by atoms with van der Waals surface area (Å²) in [6.07, 6.45) is 3.96. The first kappa shape index (κ1) is 11.2. The summed E-state index contributed by atoms with van der Waals surface area (Å²) in [6, 6.07) is 6.22. The molecule has 0 radical (unpaired) electrons. The number of aryl methyl sites for hydroxylation is 2. The third kappa shape index (κ3) is 3.46. The minimum atomic E-state index is 0.616. The molecule has 76 valence electrons. The van der Waals surface area contributed by atoms with Crippen LogP contribution < -0.4 is 4.74 Å². The topological polar surface area (TPSA) is 9.23 Å². The van der Waals surface area contributed by atoms with Gasteiger partial charge in [0.15, 0.2) is 0 Å². The van der Waals surface area contributed by atoms with E-state index in [1.54, 1.807) is 0 Å². The predicted molar refractivity (Wildman–Crippen MR) is 64.4 cm³/mol. The molecule has 0 aliphatic heterocycles. The lowest BCUT2D eigenvalue weighted by molar-refractivity contribution is 0.360. The van der Waals surface area contributed by atoms with E-state index in [1.165, 1.54) is 11.1 Å². The molecule has 0 saturated heterocycles. The number of thiol groups is 1. The van der Waals surface area contributed by atoms with Crippen molar-refractivity contribution in [3.63, 3.8) is 0 Å². The van der Waals surface area contributed by atoms with E-state index in [0.29, 0.717) is 6.61 Å². The molecule has 0 atom stereocenters. The highest BCUT2D eigenvalue weighted by Crippen LogP contribution is 2.18. The van der Waals surface area contributed by atoms with E-state index in [9.17, 15) is 0 Å². The van der Waals surface area contributed by atoms with Crippen LogP contribution in [-0.2, 0) is 0 Å². The highest BCUT2D eigenvalue weighted by Gasteiger charge is 1.97. The zero-order chi connectivity index (χ0) is 10.4. The number of ether oxygens (including phenoxy) is 1. The van der Waals surface area contributed by atoms with E-state index in [0.717, 1.165) is 11.5 Å². The summed E-state index contributed by atoms with van der Waals surface area (Å²) >= 11 is 4.08. The molecule has 0 amide bonds. The second kappa shape index (κ2) is 5.76. The van der Waals surface area contributed by atoms with Gasteiger partial charge in [0.25, 0.3) is 0 Å². The van der Waals surface area contributed by atoms with Gasteiger partial charge in [0, 0.05) is 5.75 Å². The quantitative estimate of drug-likeness (QED) is 0.590. The predicted octanol–water partition coefficient (Wildman–Crippen LogP) is 3.17. The van der Waals surface area contributed by atoms with E-state index in [4.69, 9.17) is 4.74 Å². The second-order valence-corrected chi connectivity index (χ2v) is 3.60. The Hall–Kier alpha value is -0.890. The highest BCUT2D eigenvalue weighted by molar-refractivity contribution is 7.80. The van der Waals surface area contributed by atoms with Gasteiger partial charge in [-0.15, -0.1) is 0 Å². The van der Waals surface area contributed by atoms with Crippen LogP contribution in [0.4, 0.5) is 0 Å². The number of hydrogen-bond donors (Lipinski definition) is 1. The Morgan fingerprint density at radius 2 is 2.07 bits per heavy atom. The van der Waals surface area contributed by atoms with E-state index in [-0.39, 0.29) is 0 Å². The lowest BCUT2D eigenvalue weighted by Crippen LogP contribution is -1.95. The molecule has 1 nitrogen and oxygen atoms in total. The van der Waals surface area contributed by atoms with Crippen molar-refractivity contribution in [3.8, 4) is 5.75 Å². The number of hydrogen-bond acceptors (Lipinski definition) is 2. The SMILES string of the molecule is Cc1ccc(C)c(OCC=CCS)c1. The molecule has 1 aromatic rings. The van der Waals surface area contributed by atoms with Crippen LogP contribution in [0, 0.1) is 13.8 Å². The van der Waals surface area contributed by atoms with Gasteiger partial charge in [0.1, 0.15) is 12.4 Å². The number of benzene rings is 1. The van der Waals surface area contributed by atoms with Crippen molar-refractivity contribution in [2.24, 2.45) is 0 Å². The van der Waals surface area contributed by atoms with Crippen LogP contribution in [0.2, 0.25) is 0 Å². The van der Waals surface area contributed by atoms with Crippen molar-refractivity contribution in [1.82, 2.24) is 0 Å². The molecule has 0 unspecified atom stereocenters. The summed E-state index contributed by atoms with van der Waals surface area (Å²) in [5.74, 6) is 1.73. The zero-order valence-electron chi connectivity index (χ0n) is 8.66. The fourth-order valence-electron chi connectivity index (χ4n) is 1.14. The Bertz CT molecular complexity index is 318. The molecule has 1 aromatic carbocycles. The first-order valence-electron chi connectivity index (χ1n) is 4.70. The van der Waals surface area contributed by atoms with Crippen molar-refractivity contribution in [2.75, 3.05) is 12.4 Å². The van der Waals surface area contributed by atoms with Gasteiger partial charge in [-0.25, -0.2) is 0 Å². The third-order valence-corrected chi connectivity index (χ3v) is 2.16. The summed E-state index contributed by atoms with van der Waals surface area (Å²) in [7, 11) is 0. The molecule has 0 aromatic heterocycles. The van der Waals surface area contributed by atoms with Gasteiger partial charge in [0.05, 0.1) is 0 Å². The Morgan fingerprint density at radius 1 is 1.29 bits per heavy atom.